The normalized spacial score (nSPS) is 11.5. The number of fused-ring (bicyclic) bond motifs is 5. The van der Waals surface area contributed by atoms with Crippen LogP contribution < -0.4 is 24.8 Å². The van der Waals surface area contributed by atoms with Gasteiger partial charge in [-0.25, -0.2) is 12.1 Å². The van der Waals surface area contributed by atoms with Crippen molar-refractivity contribution in [3.8, 4) is 33.4 Å². The fraction of sp³-hybridized carbons (Fsp3) is 0.180. The summed E-state index contributed by atoms with van der Waals surface area (Å²) in [6.07, 6.45) is 3.16. The third-order valence-electron chi connectivity index (χ3n) is 11.9. The molecule has 0 aromatic heterocycles. The number of rotatable bonds is 6. The molecule has 0 amide bonds. The second-order valence-electron chi connectivity index (χ2n) is 18.7. The van der Waals surface area contributed by atoms with Crippen LogP contribution >= 0.6 is 0 Å². The molecule has 0 fully saturated rings. The molecule has 0 radical (unpaired) electrons. The van der Waals surface area contributed by atoms with Crippen molar-refractivity contribution in [3.63, 3.8) is 0 Å². The van der Waals surface area contributed by atoms with E-state index in [0.717, 1.165) is 19.3 Å². The first-order valence-electron chi connectivity index (χ1n) is 22.0. The smallest absolute Gasteiger partial charge is 0.172 e. The molecule has 0 bridgehead atoms. The summed E-state index contributed by atoms with van der Waals surface area (Å²) in [5.74, 6) is 0. The van der Waals surface area contributed by atoms with Gasteiger partial charge in [-0.1, -0.05) is 149 Å². The van der Waals surface area contributed by atoms with Gasteiger partial charge in [-0.05, 0) is 67.1 Å². The second-order valence-corrected chi connectivity index (χ2v) is 20.4. The van der Waals surface area contributed by atoms with Gasteiger partial charge in [0, 0.05) is 0 Å². The van der Waals surface area contributed by atoms with Crippen LogP contribution in [0, 0.1) is 6.07 Å². The minimum atomic E-state index is -0.00679. The van der Waals surface area contributed by atoms with Crippen LogP contribution in [0.3, 0.4) is 0 Å². The van der Waals surface area contributed by atoms with Gasteiger partial charge in [0.25, 0.3) is 0 Å². The van der Waals surface area contributed by atoms with E-state index in [-0.39, 0.29) is 35.6 Å². The second kappa shape index (κ2) is 21.3. The van der Waals surface area contributed by atoms with Crippen LogP contribution in [0.15, 0.2) is 194 Å². The summed E-state index contributed by atoms with van der Waals surface area (Å²) in [5, 5.41) is 5.12. The average molecular weight is 951 g/mol. The molecule has 0 heterocycles. The fourth-order valence-corrected chi connectivity index (χ4v) is 9.65. The Balaban J connectivity index is 0.000000245. The molecule has 0 atom stereocenters. The monoisotopic (exact) mass is 948 g/mol. The minimum absolute atomic E-state index is 0. The van der Waals surface area contributed by atoms with Gasteiger partial charge in [-0.15, -0.1) is 28.8 Å². The first-order valence-corrected chi connectivity index (χ1v) is 23.2. The van der Waals surface area contributed by atoms with Gasteiger partial charge in [-0.3, -0.25) is 0 Å². The number of halogens is 2. The zero-order valence-corrected chi connectivity index (χ0v) is 41.8. The maximum absolute atomic E-state index is 3.97. The van der Waals surface area contributed by atoms with E-state index in [1.165, 1.54) is 88.3 Å². The van der Waals surface area contributed by atoms with Crippen molar-refractivity contribution in [2.75, 3.05) is 0 Å². The van der Waals surface area contributed by atoms with Crippen LogP contribution in [0.5, 0.6) is 0 Å². The van der Waals surface area contributed by atoms with Crippen molar-refractivity contribution in [1.82, 2.24) is 0 Å². The zero-order chi connectivity index (χ0) is 43.3. The third kappa shape index (κ3) is 11.6. The van der Waals surface area contributed by atoms with E-state index in [1.807, 2.05) is 30.3 Å². The molecule has 1 aliphatic rings. The summed E-state index contributed by atoms with van der Waals surface area (Å²) >= 11 is 1.55. The van der Waals surface area contributed by atoms with E-state index in [0.29, 0.717) is 0 Å². The van der Waals surface area contributed by atoms with Crippen LogP contribution in [0.4, 0.5) is 0 Å². The summed E-state index contributed by atoms with van der Waals surface area (Å²) in [6.45, 7) is 14.0. The topological polar surface area (TPSA) is 0 Å². The Kier molecular flexibility index (Phi) is 16.1. The molecule has 0 saturated heterocycles. The van der Waals surface area contributed by atoms with Crippen molar-refractivity contribution in [2.24, 2.45) is 0 Å². The number of hydrogen-bond acceptors (Lipinski definition) is 0. The minimum Gasteiger partial charge on any atom is -0.214 e. The molecule has 320 valence electrons. The Morgan fingerprint density at radius 2 is 0.953 bits per heavy atom. The van der Waals surface area contributed by atoms with Crippen LogP contribution in [0.1, 0.15) is 74.9 Å². The van der Waals surface area contributed by atoms with Crippen molar-refractivity contribution in [2.45, 2.75) is 71.6 Å². The predicted molar refractivity (Wildman–Crippen MR) is 264 cm³/mol. The maximum atomic E-state index is 3.97. The summed E-state index contributed by atoms with van der Waals surface area (Å²) in [4.78, 5) is 0. The number of hydrogen-bond donors (Lipinski definition) is 0. The summed E-state index contributed by atoms with van der Waals surface area (Å²) in [5.41, 5.74) is 16.2. The molecule has 10 rings (SSSR count). The molecule has 0 nitrogen and oxygen atoms in total. The third-order valence-corrected chi connectivity index (χ3v) is 12.7. The molecule has 64 heavy (non-hydrogen) atoms. The molecular weight excluding hydrogens is 895 g/mol. The van der Waals surface area contributed by atoms with Crippen LogP contribution in [0.2, 0.25) is 0 Å². The van der Waals surface area contributed by atoms with Crippen LogP contribution in [-0.2, 0) is 54.3 Å². The first-order chi connectivity index (χ1) is 29.9. The Labute approximate surface area is 409 Å². The van der Waals surface area contributed by atoms with Crippen molar-refractivity contribution >= 4 is 24.8 Å². The van der Waals surface area contributed by atoms with E-state index in [9.17, 15) is 0 Å². The Morgan fingerprint density at radius 1 is 0.484 bits per heavy atom. The van der Waals surface area contributed by atoms with E-state index >= 15 is 0 Å². The van der Waals surface area contributed by atoms with Gasteiger partial charge in [0.15, 0.2) is 0 Å². The van der Waals surface area contributed by atoms with Gasteiger partial charge in [0.2, 0.25) is 0 Å². The van der Waals surface area contributed by atoms with Crippen LogP contribution in [-0.4, -0.2) is 3.21 Å². The number of benzene rings is 8. The Bertz CT molecular complexity index is 2740. The summed E-state index contributed by atoms with van der Waals surface area (Å²) in [6, 6.07) is 73.9. The maximum Gasteiger partial charge on any atom is -0.172 e. The first kappa shape index (κ1) is 48.4. The molecule has 9 aromatic rings. The van der Waals surface area contributed by atoms with Crippen molar-refractivity contribution < 1.29 is 49.0 Å². The predicted octanol–water partition coefficient (Wildman–Crippen LogP) is 9.90. The molecule has 0 unspecified atom stereocenters. The van der Waals surface area contributed by atoms with E-state index in [4.69, 9.17) is 0 Å². The quantitative estimate of drug-likeness (QED) is 0.146. The molecule has 9 aromatic carbocycles. The molecule has 0 aliphatic heterocycles. The molecule has 1 aliphatic carbocycles. The van der Waals surface area contributed by atoms with E-state index in [2.05, 4.69) is 211 Å². The molecule has 0 spiro atoms. The summed E-state index contributed by atoms with van der Waals surface area (Å²) < 4.78 is 1.60. The van der Waals surface area contributed by atoms with E-state index in [1.54, 1.807) is 27.4 Å². The SMILES string of the molecule is CC(C)(C)c1cc2c([c-]c1-c1ccc3ccccc3c1)Cc1cc(-c3ccc4ccccc4c3)c(C(C)(C)C)cc1-2.[Cl-].[Cl-].[Zr+2]=[C](Cc1ccccc1)Cc1ccccc1.c1cc[cH-]c1. The van der Waals surface area contributed by atoms with Crippen molar-refractivity contribution in [1.29, 1.82) is 0 Å². The fourth-order valence-electron chi connectivity index (χ4n) is 8.65. The van der Waals surface area contributed by atoms with Gasteiger partial charge in [-0.2, -0.15) is 18.2 Å². The van der Waals surface area contributed by atoms with Gasteiger partial charge >= 0.3 is 112 Å². The Hall–Kier alpha value is -5.04. The zero-order valence-electron chi connectivity index (χ0n) is 37.9. The average Bonchev–Trinajstić information content (AvgIpc) is 3.98. The molecule has 0 N–H and O–H groups in total. The molecular formula is C61H56Cl2Zr-2. The Morgan fingerprint density at radius 3 is 1.45 bits per heavy atom. The largest absolute Gasteiger partial charge is 0.214 e. The van der Waals surface area contributed by atoms with E-state index < -0.39 is 0 Å². The van der Waals surface area contributed by atoms with Crippen molar-refractivity contribution in [3.05, 3.63) is 234 Å². The van der Waals surface area contributed by atoms with Gasteiger partial charge < -0.3 is 24.8 Å². The van der Waals surface area contributed by atoms with Crippen LogP contribution in [0.25, 0.3) is 54.9 Å². The molecule has 3 heteroatoms. The standard InChI is InChI=1S/C41H37.C15H14.C5H5.2ClH.Zr/c1-40(2,3)38-24-34-32(22-36(38)30-17-15-26-11-7-9-13-28(26)19-30)21-33-23-37(39(25-35(33)34)41(4,5)6)31-18-16-27-12-8-10-14-29(27)20-31;1-3-8-14(9-4-1)12-7-13-15-10-5-2-6-11-15;1-2-4-5-3-1;;;/h7-20,22,24-25H,21H2,1-6H3;1-6,8-11H,12-13H2;1-5H;2*1H;/q-1;;-1;;;+2/p-2. The van der Waals surface area contributed by atoms with Gasteiger partial charge in [0.1, 0.15) is 0 Å². The van der Waals surface area contributed by atoms with Gasteiger partial charge in [0.05, 0.1) is 0 Å². The molecule has 0 saturated carbocycles. The summed E-state index contributed by atoms with van der Waals surface area (Å²) in [7, 11) is 0.